The average molecular weight is 255 g/mol. The number of phenols is 1. The predicted octanol–water partition coefficient (Wildman–Crippen LogP) is 2.08. The Bertz CT molecular complexity index is 630. The summed E-state index contributed by atoms with van der Waals surface area (Å²) >= 11 is 0. The molecule has 96 valence electrons. The standard InChI is InChI=1S/C15H13NO3/c16-11-7-5-10(6-8-11)14(18)15(9-19-15)12-3-1-2-4-13(12)17/h1-8,17H,9,16H2. The second-order valence-electron chi connectivity index (χ2n) is 4.58. The van der Waals surface area contributed by atoms with Crippen molar-refractivity contribution < 1.29 is 14.6 Å². The van der Waals surface area contributed by atoms with Gasteiger partial charge < -0.3 is 15.6 Å². The molecule has 0 aliphatic carbocycles. The Morgan fingerprint density at radius 1 is 1.16 bits per heavy atom. The lowest BCUT2D eigenvalue weighted by molar-refractivity contribution is 0.0868. The van der Waals surface area contributed by atoms with Gasteiger partial charge in [0.15, 0.2) is 5.60 Å². The molecule has 2 aromatic carbocycles. The quantitative estimate of drug-likeness (QED) is 0.500. The molecule has 0 saturated carbocycles. The number of Topliss-reactive ketones (excluding diaryl/α,β-unsaturated/α-hetero) is 1. The average Bonchev–Trinajstić information content (AvgIpc) is 3.21. The lowest BCUT2D eigenvalue weighted by Crippen LogP contribution is -2.22. The number of epoxide rings is 1. The minimum absolute atomic E-state index is 0.0730. The number of rotatable bonds is 3. The van der Waals surface area contributed by atoms with Crippen molar-refractivity contribution in [2.45, 2.75) is 5.60 Å². The zero-order chi connectivity index (χ0) is 13.5. The number of nitrogen functional groups attached to an aromatic ring is 1. The van der Waals surface area contributed by atoms with Crippen molar-refractivity contribution >= 4 is 11.5 Å². The van der Waals surface area contributed by atoms with Crippen LogP contribution in [0.5, 0.6) is 5.75 Å². The molecule has 1 aliphatic heterocycles. The molecule has 4 nitrogen and oxygen atoms in total. The van der Waals surface area contributed by atoms with Gasteiger partial charge in [0.05, 0.1) is 6.61 Å². The molecule has 0 spiro atoms. The number of ether oxygens (including phenoxy) is 1. The van der Waals surface area contributed by atoms with Crippen LogP contribution < -0.4 is 5.73 Å². The van der Waals surface area contributed by atoms with E-state index in [1.165, 1.54) is 0 Å². The highest BCUT2D eigenvalue weighted by Crippen LogP contribution is 2.45. The summed E-state index contributed by atoms with van der Waals surface area (Å²) in [5.74, 6) is -0.0854. The summed E-state index contributed by atoms with van der Waals surface area (Å²) in [4.78, 5) is 12.5. The number of carbonyl (C=O) groups is 1. The maximum atomic E-state index is 12.5. The molecule has 0 radical (unpaired) electrons. The van der Waals surface area contributed by atoms with Crippen LogP contribution in [0.25, 0.3) is 0 Å². The lowest BCUT2D eigenvalue weighted by atomic mass is 9.90. The summed E-state index contributed by atoms with van der Waals surface area (Å²) in [6, 6.07) is 13.4. The van der Waals surface area contributed by atoms with Gasteiger partial charge in [0, 0.05) is 16.8 Å². The van der Waals surface area contributed by atoms with E-state index in [1.54, 1.807) is 48.5 Å². The Morgan fingerprint density at radius 3 is 2.37 bits per heavy atom. The molecule has 1 aliphatic rings. The molecule has 1 saturated heterocycles. The van der Waals surface area contributed by atoms with E-state index in [0.717, 1.165) is 0 Å². The number of carbonyl (C=O) groups excluding carboxylic acids is 1. The topological polar surface area (TPSA) is 75.9 Å². The van der Waals surface area contributed by atoms with Gasteiger partial charge in [-0.3, -0.25) is 4.79 Å². The van der Waals surface area contributed by atoms with Crippen molar-refractivity contribution in [2.75, 3.05) is 12.3 Å². The molecule has 3 N–H and O–H groups in total. The van der Waals surface area contributed by atoms with E-state index in [4.69, 9.17) is 10.5 Å². The number of nitrogens with two attached hydrogens (primary N) is 1. The molecule has 1 unspecified atom stereocenters. The van der Waals surface area contributed by atoms with Crippen LogP contribution in [0, 0.1) is 0 Å². The zero-order valence-electron chi connectivity index (χ0n) is 10.2. The summed E-state index contributed by atoms with van der Waals surface area (Å²) in [6.45, 7) is 0.285. The smallest absolute Gasteiger partial charge is 0.201 e. The van der Waals surface area contributed by atoms with Gasteiger partial charge in [-0.05, 0) is 30.3 Å². The van der Waals surface area contributed by atoms with Gasteiger partial charge in [-0.25, -0.2) is 0 Å². The van der Waals surface area contributed by atoms with Crippen LogP contribution in [0.15, 0.2) is 48.5 Å². The van der Waals surface area contributed by atoms with Gasteiger partial charge in [-0.15, -0.1) is 0 Å². The Hall–Kier alpha value is -2.33. The fourth-order valence-corrected chi connectivity index (χ4v) is 2.16. The van der Waals surface area contributed by atoms with Gasteiger partial charge in [0.25, 0.3) is 0 Å². The first-order valence-electron chi connectivity index (χ1n) is 5.96. The third-order valence-corrected chi connectivity index (χ3v) is 3.31. The summed E-state index contributed by atoms with van der Waals surface area (Å²) in [5, 5.41) is 9.87. The Kier molecular flexibility index (Phi) is 2.54. The molecule has 4 heteroatoms. The van der Waals surface area contributed by atoms with Crippen LogP contribution in [-0.4, -0.2) is 17.5 Å². The van der Waals surface area contributed by atoms with E-state index < -0.39 is 5.60 Å². The van der Waals surface area contributed by atoms with Crippen molar-refractivity contribution in [3.8, 4) is 5.75 Å². The van der Waals surface area contributed by atoms with E-state index in [1.807, 2.05) is 0 Å². The molecule has 19 heavy (non-hydrogen) atoms. The largest absolute Gasteiger partial charge is 0.508 e. The molecule has 1 fully saturated rings. The Balaban J connectivity index is 2.00. The second-order valence-corrected chi connectivity index (χ2v) is 4.58. The van der Waals surface area contributed by atoms with Gasteiger partial charge in [-0.2, -0.15) is 0 Å². The number of benzene rings is 2. The number of hydrogen-bond acceptors (Lipinski definition) is 4. The van der Waals surface area contributed by atoms with E-state index in [0.29, 0.717) is 16.8 Å². The second kappa shape index (κ2) is 4.10. The van der Waals surface area contributed by atoms with Crippen LogP contribution in [0.1, 0.15) is 15.9 Å². The summed E-state index contributed by atoms with van der Waals surface area (Å²) in [6.07, 6.45) is 0. The van der Waals surface area contributed by atoms with Crippen molar-refractivity contribution in [2.24, 2.45) is 0 Å². The van der Waals surface area contributed by atoms with Crippen molar-refractivity contribution in [1.82, 2.24) is 0 Å². The minimum Gasteiger partial charge on any atom is -0.508 e. The third-order valence-electron chi connectivity index (χ3n) is 3.31. The molecule has 1 heterocycles. The number of anilines is 1. The maximum absolute atomic E-state index is 12.5. The fraction of sp³-hybridized carbons (Fsp3) is 0.133. The summed E-state index contributed by atoms with van der Waals surface area (Å²) in [5.41, 5.74) is 6.20. The highest BCUT2D eigenvalue weighted by Gasteiger charge is 2.55. The highest BCUT2D eigenvalue weighted by molar-refractivity contribution is 6.05. The highest BCUT2D eigenvalue weighted by atomic mass is 16.6. The van der Waals surface area contributed by atoms with E-state index >= 15 is 0 Å². The molecular formula is C15H13NO3. The number of aromatic hydroxyl groups is 1. The summed E-state index contributed by atoms with van der Waals surface area (Å²) in [7, 11) is 0. The zero-order valence-corrected chi connectivity index (χ0v) is 10.2. The maximum Gasteiger partial charge on any atom is 0.201 e. The van der Waals surface area contributed by atoms with Crippen LogP contribution in [-0.2, 0) is 10.3 Å². The normalized spacial score (nSPS) is 21.1. The van der Waals surface area contributed by atoms with E-state index in [2.05, 4.69) is 0 Å². The first-order chi connectivity index (χ1) is 9.13. The molecule has 3 rings (SSSR count). The van der Waals surface area contributed by atoms with E-state index in [-0.39, 0.29) is 18.1 Å². The molecule has 2 aromatic rings. The predicted molar refractivity (Wildman–Crippen MR) is 70.9 cm³/mol. The van der Waals surface area contributed by atoms with Gasteiger partial charge in [0.2, 0.25) is 5.78 Å². The van der Waals surface area contributed by atoms with Gasteiger partial charge in [-0.1, -0.05) is 18.2 Å². The van der Waals surface area contributed by atoms with Crippen LogP contribution in [0.3, 0.4) is 0 Å². The van der Waals surface area contributed by atoms with Gasteiger partial charge >= 0.3 is 0 Å². The summed E-state index contributed by atoms with van der Waals surface area (Å²) < 4.78 is 5.37. The molecule has 0 aromatic heterocycles. The Labute approximate surface area is 110 Å². The first kappa shape index (κ1) is 11.7. The number of hydrogen-bond donors (Lipinski definition) is 2. The molecule has 1 atom stereocenters. The number of para-hydroxylation sites is 1. The Morgan fingerprint density at radius 2 is 1.79 bits per heavy atom. The first-order valence-corrected chi connectivity index (χ1v) is 5.96. The molecule has 0 bridgehead atoms. The van der Waals surface area contributed by atoms with Gasteiger partial charge in [0.1, 0.15) is 5.75 Å². The van der Waals surface area contributed by atoms with Crippen molar-refractivity contribution in [3.63, 3.8) is 0 Å². The number of phenolic OH excluding ortho intramolecular Hbond substituents is 1. The molecular weight excluding hydrogens is 242 g/mol. The van der Waals surface area contributed by atoms with Crippen LogP contribution in [0.2, 0.25) is 0 Å². The van der Waals surface area contributed by atoms with Crippen molar-refractivity contribution in [1.29, 1.82) is 0 Å². The van der Waals surface area contributed by atoms with Crippen LogP contribution >= 0.6 is 0 Å². The SMILES string of the molecule is Nc1ccc(C(=O)C2(c3ccccc3O)CO2)cc1. The number of ketones is 1. The lowest BCUT2D eigenvalue weighted by Gasteiger charge is -2.13. The van der Waals surface area contributed by atoms with Crippen LogP contribution in [0.4, 0.5) is 5.69 Å². The molecule has 0 amide bonds. The fourth-order valence-electron chi connectivity index (χ4n) is 2.16. The monoisotopic (exact) mass is 255 g/mol. The van der Waals surface area contributed by atoms with E-state index in [9.17, 15) is 9.90 Å². The van der Waals surface area contributed by atoms with Crippen molar-refractivity contribution in [3.05, 3.63) is 59.7 Å². The minimum atomic E-state index is -1.04. The third kappa shape index (κ3) is 1.86.